The van der Waals surface area contributed by atoms with E-state index in [1.54, 1.807) is 6.92 Å². The summed E-state index contributed by atoms with van der Waals surface area (Å²) in [4.78, 5) is 2.39. The van der Waals surface area contributed by atoms with Crippen LogP contribution in [0.5, 0.6) is 0 Å². The van der Waals surface area contributed by atoms with E-state index in [0.717, 1.165) is 44.9 Å². The molecule has 1 rings (SSSR count). The lowest BCUT2D eigenvalue weighted by molar-refractivity contribution is 0.181. The average molecular weight is 262 g/mol. The second kappa shape index (κ2) is 7.34. The summed E-state index contributed by atoms with van der Waals surface area (Å²) in [6.07, 6.45) is 4.35. The van der Waals surface area contributed by atoms with Crippen molar-refractivity contribution in [1.29, 1.82) is 0 Å². The van der Waals surface area contributed by atoms with E-state index in [0.29, 0.717) is 5.75 Å². The monoisotopic (exact) mass is 262 g/mol. The topological polar surface area (TPSA) is 63.4 Å². The number of piperidine rings is 1. The van der Waals surface area contributed by atoms with E-state index >= 15 is 0 Å². The summed E-state index contributed by atoms with van der Waals surface area (Å²) < 4.78 is 22.7. The van der Waals surface area contributed by atoms with E-state index in [4.69, 9.17) is 5.73 Å². The number of hydrogen-bond donors (Lipinski definition) is 1. The van der Waals surface area contributed by atoms with E-state index in [-0.39, 0.29) is 5.75 Å². The Morgan fingerprint density at radius 1 is 1.29 bits per heavy atom. The smallest absolute Gasteiger partial charge is 0.150 e. The van der Waals surface area contributed by atoms with Gasteiger partial charge in [0, 0.05) is 5.75 Å². The van der Waals surface area contributed by atoms with Gasteiger partial charge in [-0.2, -0.15) is 0 Å². The van der Waals surface area contributed by atoms with Crippen LogP contribution in [0.4, 0.5) is 0 Å². The van der Waals surface area contributed by atoms with Gasteiger partial charge in [0.15, 0.2) is 0 Å². The average Bonchev–Trinajstić information content (AvgIpc) is 2.32. The quantitative estimate of drug-likeness (QED) is 0.739. The standard InChI is InChI=1S/C12H26N2O2S/c1-2-17(15,16)11-3-8-14-9-5-12(4-7-13)6-10-14/h12H,2-11,13H2,1H3. The Hall–Kier alpha value is -0.130. The first kappa shape index (κ1) is 14.9. The fourth-order valence-corrected chi connectivity index (χ4v) is 3.24. The van der Waals surface area contributed by atoms with Gasteiger partial charge < -0.3 is 10.6 Å². The number of nitrogens with two attached hydrogens (primary N) is 1. The van der Waals surface area contributed by atoms with E-state index in [1.807, 2.05) is 0 Å². The van der Waals surface area contributed by atoms with Crippen molar-refractivity contribution in [3.8, 4) is 0 Å². The zero-order valence-corrected chi connectivity index (χ0v) is 11.7. The molecule has 0 aromatic heterocycles. The van der Waals surface area contributed by atoms with E-state index in [1.165, 1.54) is 12.8 Å². The van der Waals surface area contributed by atoms with Gasteiger partial charge in [0.25, 0.3) is 0 Å². The molecule has 0 aromatic carbocycles. The van der Waals surface area contributed by atoms with Crippen molar-refractivity contribution in [1.82, 2.24) is 4.90 Å². The minimum atomic E-state index is -2.78. The zero-order chi connectivity index (χ0) is 12.7. The highest BCUT2D eigenvalue weighted by Crippen LogP contribution is 2.19. The molecule has 0 bridgehead atoms. The predicted octanol–water partition coefficient (Wildman–Crippen LogP) is 0.872. The van der Waals surface area contributed by atoms with E-state index in [9.17, 15) is 8.42 Å². The summed E-state index contributed by atoms with van der Waals surface area (Å²) in [7, 11) is -2.78. The molecule has 102 valence electrons. The van der Waals surface area contributed by atoms with Gasteiger partial charge in [0.1, 0.15) is 9.84 Å². The first-order valence-corrected chi connectivity index (χ1v) is 8.52. The summed E-state index contributed by atoms with van der Waals surface area (Å²) in [6.45, 7) is 5.65. The largest absolute Gasteiger partial charge is 0.330 e. The Kier molecular flexibility index (Phi) is 6.44. The van der Waals surface area contributed by atoms with Crippen molar-refractivity contribution in [3.05, 3.63) is 0 Å². The zero-order valence-electron chi connectivity index (χ0n) is 10.9. The SMILES string of the molecule is CCS(=O)(=O)CCCN1CCC(CCN)CC1. The fraction of sp³-hybridized carbons (Fsp3) is 1.00. The van der Waals surface area contributed by atoms with Gasteiger partial charge in [-0.25, -0.2) is 8.42 Å². The number of rotatable bonds is 7. The molecule has 17 heavy (non-hydrogen) atoms. The molecule has 0 spiro atoms. The van der Waals surface area contributed by atoms with Crippen molar-refractivity contribution < 1.29 is 8.42 Å². The summed E-state index contributed by atoms with van der Waals surface area (Å²) in [5.41, 5.74) is 5.56. The van der Waals surface area contributed by atoms with Crippen LogP contribution in [0.25, 0.3) is 0 Å². The highest BCUT2D eigenvalue weighted by Gasteiger charge is 2.18. The molecule has 1 aliphatic rings. The van der Waals surface area contributed by atoms with Crippen molar-refractivity contribution >= 4 is 9.84 Å². The van der Waals surface area contributed by atoms with E-state index < -0.39 is 9.84 Å². The van der Waals surface area contributed by atoms with Crippen LogP contribution in [0.15, 0.2) is 0 Å². The molecule has 2 N–H and O–H groups in total. The highest BCUT2D eigenvalue weighted by atomic mass is 32.2. The van der Waals surface area contributed by atoms with Gasteiger partial charge in [-0.1, -0.05) is 6.92 Å². The van der Waals surface area contributed by atoms with Crippen LogP contribution in [0.1, 0.15) is 32.6 Å². The lowest BCUT2D eigenvalue weighted by atomic mass is 9.93. The van der Waals surface area contributed by atoms with Crippen molar-refractivity contribution in [3.63, 3.8) is 0 Å². The summed E-state index contributed by atoms with van der Waals surface area (Å²) in [5, 5.41) is 0. The molecule has 0 aromatic rings. The van der Waals surface area contributed by atoms with Crippen molar-refractivity contribution in [2.24, 2.45) is 11.7 Å². The number of hydrogen-bond acceptors (Lipinski definition) is 4. The molecule has 1 heterocycles. The molecule has 0 radical (unpaired) electrons. The molecule has 0 amide bonds. The third-order valence-corrected chi connectivity index (χ3v) is 5.44. The Bertz CT molecular complexity index is 296. The van der Waals surface area contributed by atoms with Crippen molar-refractivity contribution in [2.45, 2.75) is 32.6 Å². The molecule has 0 atom stereocenters. The summed E-state index contributed by atoms with van der Waals surface area (Å²) in [6, 6.07) is 0. The Morgan fingerprint density at radius 2 is 1.94 bits per heavy atom. The minimum absolute atomic E-state index is 0.269. The Labute approximate surface area is 105 Å². The normalized spacial score (nSPS) is 19.6. The van der Waals surface area contributed by atoms with Gasteiger partial charge in [0.2, 0.25) is 0 Å². The van der Waals surface area contributed by atoms with Crippen LogP contribution >= 0.6 is 0 Å². The minimum Gasteiger partial charge on any atom is -0.330 e. The Morgan fingerprint density at radius 3 is 2.47 bits per heavy atom. The number of nitrogens with zero attached hydrogens (tertiary/aromatic N) is 1. The van der Waals surface area contributed by atoms with Crippen LogP contribution in [0.3, 0.4) is 0 Å². The van der Waals surface area contributed by atoms with Gasteiger partial charge in [0.05, 0.1) is 5.75 Å². The third kappa shape index (κ3) is 5.84. The first-order valence-electron chi connectivity index (χ1n) is 6.70. The number of sulfone groups is 1. The molecule has 1 fully saturated rings. The van der Waals surface area contributed by atoms with Crippen LogP contribution in [0.2, 0.25) is 0 Å². The molecule has 1 saturated heterocycles. The fourth-order valence-electron chi connectivity index (χ4n) is 2.39. The molecule has 0 saturated carbocycles. The molecular formula is C12H26N2O2S. The number of likely N-dealkylation sites (tertiary alicyclic amines) is 1. The maximum Gasteiger partial charge on any atom is 0.150 e. The molecule has 5 heteroatoms. The summed E-state index contributed by atoms with van der Waals surface area (Å²) in [5.74, 6) is 1.40. The lowest BCUT2D eigenvalue weighted by Gasteiger charge is -2.31. The summed E-state index contributed by atoms with van der Waals surface area (Å²) >= 11 is 0. The van der Waals surface area contributed by atoms with Gasteiger partial charge in [-0.15, -0.1) is 0 Å². The van der Waals surface area contributed by atoms with Gasteiger partial charge >= 0.3 is 0 Å². The molecule has 0 unspecified atom stereocenters. The molecule has 1 aliphatic heterocycles. The molecule has 4 nitrogen and oxygen atoms in total. The second-order valence-electron chi connectivity index (χ2n) is 4.95. The third-order valence-electron chi connectivity index (χ3n) is 3.65. The van der Waals surface area contributed by atoms with Gasteiger partial charge in [-0.05, 0) is 57.8 Å². The van der Waals surface area contributed by atoms with Crippen molar-refractivity contribution in [2.75, 3.05) is 37.7 Å². The second-order valence-corrected chi connectivity index (χ2v) is 7.43. The van der Waals surface area contributed by atoms with E-state index in [2.05, 4.69) is 4.90 Å². The van der Waals surface area contributed by atoms with Gasteiger partial charge in [-0.3, -0.25) is 0 Å². The molecular weight excluding hydrogens is 236 g/mol. The lowest BCUT2D eigenvalue weighted by Crippen LogP contribution is -2.35. The predicted molar refractivity (Wildman–Crippen MR) is 71.8 cm³/mol. The maximum atomic E-state index is 11.3. The molecule has 0 aliphatic carbocycles. The maximum absolute atomic E-state index is 11.3. The van der Waals surface area contributed by atoms with Crippen LogP contribution < -0.4 is 5.73 Å². The van der Waals surface area contributed by atoms with Crippen LogP contribution in [-0.2, 0) is 9.84 Å². The van der Waals surface area contributed by atoms with Crippen LogP contribution in [0, 0.1) is 5.92 Å². The Balaban J connectivity index is 2.14. The van der Waals surface area contributed by atoms with Crippen LogP contribution in [-0.4, -0.2) is 51.0 Å². The first-order chi connectivity index (χ1) is 8.07. The highest BCUT2D eigenvalue weighted by molar-refractivity contribution is 7.91.